The molecule has 26 heavy (non-hydrogen) atoms. The van der Waals surface area contributed by atoms with E-state index >= 15 is 0 Å². The highest BCUT2D eigenvalue weighted by atomic mass is 19.1. The largest absolute Gasteiger partial charge is 0.454 e. The minimum absolute atomic E-state index is 0.200. The van der Waals surface area contributed by atoms with Crippen molar-refractivity contribution in [2.45, 2.75) is 13.5 Å². The molecule has 2 aromatic carbocycles. The number of ether oxygens (including phenoxy) is 2. The van der Waals surface area contributed by atoms with Gasteiger partial charge in [0, 0.05) is 12.1 Å². The zero-order valence-electron chi connectivity index (χ0n) is 13.9. The van der Waals surface area contributed by atoms with Crippen molar-refractivity contribution < 1.29 is 23.2 Å². The summed E-state index contributed by atoms with van der Waals surface area (Å²) in [7, 11) is 0. The first-order valence-corrected chi connectivity index (χ1v) is 8.01. The Hall–Kier alpha value is -3.35. The van der Waals surface area contributed by atoms with Gasteiger partial charge in [-0.15, -0.1) is 0 Å². The molecular weight excluding hydrogens is 339 g/mol. The summed E-state index contributed by atoms with van der Waals surface area (Å²) in [5.41, 5.74) is 2.19. The lowest BCUT2D eigenvalue weighted by atomic mass is 10.1. The van der Waals surface area contributed by atoms with Gasteiger partial charge in [0.25, 0.3) is 5.91 Å². The van der Waals surface area contributed by atoms with Crippen molar-refractivity contribution in [2.75, 3.05) is 6.79 Å². The molecule has 4 rings (SSSR count). The van der Waals surface area contributed by atoms with Crippen molar-refractivity contribution in [1.29, 1.82) is 0 Å². The van der Waals surface area contributed by atoms with Gasteiger partial charge < -0.3 is 19.3 Å². The number of nitrogens with one attached hydrogen (secondary N) is 1. The number of aromatic nitrogens is 1. The topological polar surface area (TPSA) is 73.6 Å². The van der Waals surface area contributed by atoms with Gasteiger partial charge in [-0.05, 0) is 48.9 Å². The van der Waals surface area contributed by atoms with Crippen LogP contribution in [0.3, 0.4) is 0 Å². The Kier molecular flexibility index (Phi) is 4.04. The maximum atomic E-state index is 13.1. The fourth-order valence-corrected chi connectivity index (χ4v) is 2.77. The molecule has 1 aliphatic rings. The summed E-state index contributed by atoms with van der Waals surface area (Å²) < 4.78 is 28.9. The Morgan fingerprint density at radius 3 is 2.73 bits per heavy atom. The standard InChI is InChI=1S/C19H15FN2O4/c1-11-17(18(22-26-11)13-3-5-14(20)6-4-13)19(23)21-9-12-2-7-15-16(8-12)25-10-24-15/h2-8H,9-10H2,1H3,(H,21,23). The molecule has 0 aliphatic carbocycles. The van der Waals surface area contributed by atoms with Crippen LogP contribution in [0, 0.1) is 12.7 Å². The lowest BCUT2D eigenvalue weighted by molar-refractivity contribution is 0.0950. The molecule has 132 valence electrons. The lowest BCUT2D eigenvalue weighted by Gasteiger charge is -2.07. The molecule has 0 saturated carbocycles. The highest BCUT2D eigenvalue weighted by Gasteiger charge is 2.22. The quantitative estimate of drug-likeness (QED) is 0.777. The number of nitrogens with zero attached hydrogens (tertiary/aromatic N) is 1. The van der Waals surface area contributed by atoms with Gasteiger partial charge in [-0.3, -0.25) is 4.79 Å². The number of hydrogen-bond donors (Lipinski definition) is 1. The summed E-state index contributed by atoms with van der Waals surface area (Å²) in [5, 5.41) is 6.79. The fraction of sp³-hybridized carbons (Fsp3) is 0.158. The number of amides is 1. The SMILES string of the molecule is Cc1onc(-c2ccc(F)cc2)c1C(=O)NCc1ccc2c(c1)OCO2. The number of rotatable bonds is 4. The molecule has 7 heteroatoms. The van der Waals surface area contributed by atoms with Crippen LogP contribution in [0.1, 0.15) is 21.7 Å². The van der Waals surface area contributed by atoms with Gasteiger partial charge in [-0.25, -0.2) is 4.39 Å². The molecule has 0 spiro atoms. The van der Waals surface area contributed by atoms with Crippen molar-refractivity contribution in [1.82, 2.24) is 10.5 Å². The van der Waals surface area contributed by atoms with Crippen LogP contribution in [0.2, 0.25) is 0 Å². The van der Waals surface area contributed by atoms with E-state index in [0.717, 1.165) is 5.56 Å². The van der Waals surface area contributed by atoms with Crippen molar-refractivity contribution in [3.05, 3.63) is 65.2 Å². The van der Waals surface area contributed by atoms with Crippen LogP contribution >= 0.6 is 0 Å². The molecule has 1 N–H and O–H groups in total. The molecule has 1 aromatic heterocycles. The second kappa shape index (κ2) is 6.51. The van der Waals surface area contributed by atoms with Crippen molar-refractivity contribution in [2.24, 2.45) is 0 Å². The molecule has 0 bridgehead atoms. The van der Waals surface area contributed by atoms with E-state index in [2.05, 4.69) is 10.5 Å². The van der Waals surface area contributed by atoms with Gasteiger partial charge in [-0.2, -0.15) is 0 Å². The van der Waals surface area contributed by atoms with Gasteiger partial charge in [0.2, 0.25) is 6.79 Å². The van der Waals surface area contributed by atoms with E-state index in [4.69, 9.17) is 14.0 Å². The van der Waals surface area contributed by atoms with E-state index in [0.29, 0.717) is 40.6 Å². The fourth-order valence-electron chi connectivity index (χ4n) is 2.77. The Labute approximate surface area is 148 Å². The van der Waals surface area contributed by atoms with Crippen molar-refractivity contribution >= 4 is 5.91 Å². The van der Waals surface area contributed by atoms with Crippen LogP contribution in [-0.4, -0.2) is 17.9 Å². The number of carbonyl (C=O) groups is 1. The number of fused-ring (bicyclic) bond motifs is 1. The van der Waals surface area contributed by atoms with E-state index in [1.54, 1.807) is 25.1 Å². The minimum atomic E-state index is -0.359. The predicted octanol–water partition coefficient (Wildman–Crippen LogP) is 3.45. The summed E-state index contributed by atoms with van der Waals surface area (Å²) >= 11 is 0. The molecule has 1 amide bonds. The Morgan fingerprint density at radius 1 is 1.15 bits per heavy atom. The lowest BCUT2D eigenvalue weighted by Crippen LogP contribution is -2.23. The smallest absolute Gasteiger partial charge is 0.257 e. The maximum absolute atomic E-state index is 13.1. The first-order chi connectivity index (χ1) is 12.6. The predicted molar refractivity (Wildman–Crippen MR) is 90.4 cm³/mol. The van der Waals surface area contributed by atoms with E-state index < -0.39 is 0 Å². The highest BCUT2D eigenvalue weighted by Crippen LogP contribution is 2.32. The average molecular weight is 354 g/mol. The van der Waals surface area contributed by atoms with Gasteiger partial charge >= 0.3 is 0 Å². The van der Waals surface area contributed by atoms with Crippen LogP contribution in [0.15, 0.2) is 47.0 Å². The normalized spacial score (nSPS) is 12.2. The number of halogens is 1. The molecule has 3 aromatic rings. The summed E-state index contributed by atoms with van der Waals surface area (Å²) in [6, 6.07) is 11.2. The average Bonchev–Trinajstić information content (AvgIpc) is 3.26. The molecule has 2 heterocycles. The minimum Gasteiger partial charge on any atom is -0.454 e. The number of aryl methyl sites for hydroxylation is 1. The second-order valence-corrected chi connectivity index (χ2v) is 5.84. The van der Waals surface area contributed by atoms with Crippen LogP contribution in [0.25, 0.3) is 11.3 Å². The van der Waals surface area contributed by atoms with Crippen molar-refractivity contribution in [3.8, 4) is 22.8 Å². The molecule has 0 unspecified atom stereocenters. The third-order valence-electron chi connectivity index (χ3n) is 4.10. The van der Waals surface area contributed by atoms with Gasteiger partial charge in [0.15, 0.2) is 11.5 Å². The van der Waals surface area contributed by atoms with E-state index in [-0.39, 0.29) is 18.5 Å². The molecule has 0 radical (unpaired) electrons. The first-order valence-electron chi connectivity index (χ1n) is 8.01. The highest BCUT2D eigenvalue weighted by molar-refractivity contribution is 6.00. The molecule has 1 aliphatic heterocycles. The van der Waals surface area contributed by atoms with Crippen molar-refractivity contribution in [3.63, 3.8) is 0 Å². The number of carbonyl (C=O) groups excluding carboxylic acids is 1. The van der Waals surface area contributed by atoms with Crippen LogP contribution < -0.4 is 14.8 Å². The maximum Gasteiger partial charge on any atom is 0.257 e. The van der Waals surface area contributed by atoms with Crippen LogP contribution in [-0.2, 0) is 6.54 Å². The third-order valence-corrected chi connectivity index (χ3v) is 4.10. The molecule has 6 nitrogen and oxygen atoms in total. The Morgan fingerprint density at radius 2 is 1.92 bits per heavy atom. The van der Waals surface area contributed by atoms with Gasteiger partial charge in [0.1, 0.15) is 22.8 Å². The van der Waals surface area contributed by atoms with Gasteiger partial charge in [0.05, 0.1) is 0 Å². The summed E-state index contributed by atoms with van der Waals surface area (Å²) in [6.07, 6.45) is 0. The molecule has 0 fully saturated rings. The molecule has 0 atom stereocenters. The summed E-state index contributed by atoms with van der Waals surface area (Å²) in [5.74, 6) is 1.06. The van der Waals surface area contributed by atoms with E-state index in [1.165, 1.54) is 12.1 Å². The first kappa shape index (κ1) is 16.1. The van der Waals surface area contributed by atoms with E-state index in [9.17, 15) is 9.18 Å². The third kappa shape index (κ3) is 2.99. The van der Waals surface area contributed by atoms with Crippen LogP contribution in [0.4, 0.5) is 4.39 Å². The number of benzene rings is 2. The van der Waals surface area contributed by atoms with E-state index in [1.807, 2.05) is 12.1 Å². The Bertz CT molecular complexity index is 966. The summed E-state index contributed by atoms with van der Waals surface area (Å²) in [6.45, 7) is 2.17. The monoisotopic (exact) mass is 354 g/mol. The molecular formula is C19H15FN2O4. The van der Waals surface area contributed by atoms with Gasteiger partial charge in [-0.1, -0.05) is 11.2 Å². The zero-order chi connectivity index (χ0) is 18.1. The second-order valence-electron chi connectivity index (χ2n) is 5.84. The summed E-state index contributed by atoms with van der Waals surface area (Å²) in [4.78, 5) is 12.7. The number of hydrogen-bond acceptors (Lipinski definition) is 5. The zero-order valence-corrected chi connectivity index (χ0v) is 13.9. The molecule has 0 saturated heterocycles. The van der Waals surface area contributed by atoms with Crippen LogP contribution in [0.5, 0.6) is 11.5 Å². The Balaban J connectivity index is 1.53.